The predicted molar refractivity (Wildman–Crippen MR) is 157 cm³/mol. The molecule has 2 aliphatic rings. The van der Waals surface area contributed by atoms with Crippen LogP contribution in [0.15, 0.2) is 60.0 Å². The number of hydrogen-bond donors (Lipinski definition) is 1. The number of urea groups is 1. The van der Waals surface area contributed by atoms with Crippen molar-refractivity contribution < 1.29 is 19.1 Å². The first-order valence-electron chi connectivity index (χ1n) is 13.8. The number of ether oxygens (including phenoxy) is 1. The van der Waals surface area contributed by atoms with Crippen molar-refractivity contribution in [1.82, 2.24) is 14.7 Å². The van der Waals surface area contributed by atoms with Gasteiger partial charge in [0.15, 0.2) is 0 Å². The summed E-state index contributed by atoms with van der Waals surface area (Å²) in [6, 6.07) is 17.2. The number of piperazine rings is 1. The fourth-order valence-electron chi connectivity index (χ4n) is 5.54. The lowest BCUT2D eigenvalue weighted by Crippen LogP contribution is -2.58. The largest absolute Gasteiger partial charge is 0.462 e. The van der Waals surface area contributed by atoms with Crippen molar-refractivity contribution in [2.75, 3.05) is 44.6 Å². The topological polar surface area (TPSA) is 82.2 Å². The second-order valence-corrected chi connectivity index (χ2v) is 11.4. The summed E-state index contributed by atoms with van der Waals surface area (Å²) in [5, 5.41) is 5.06. The molecule has 2 aliphatic heterocycles. The van der Waals surface area contributed by atoms with E-state index in [4.69, 9.17) is 4.74 Å². The lowest BCUT2D eigenvalue weighted by Gasteiger charge is -2.41. The molecule has 0 spiro atoms. The normalized spacial score (nSPS) is 19.2. The van der Waals surface area contributed by atoms with Crippen LogP contribution in [-0.2, 0) is 16.0 Å². The average Bonchev–Trinajstić information content (AvgIpc) is 3.43. The van der Waals surface area contributed by atoms with Gasteiger partial charge in [-0.15, -0.1) is 11.3 Å². The minimum atomic E-state index is -0.389. The zero-order valence-corrected chi connectivity index (χ0v) is 24.1. The maximum Gasteiger partial charge on any atom is 0.338 e. The van der Waals surface area contributed by atoms with Crippen molar-refractivity contribution in [1.29, 1.82) is 0 Å². The summed E-state index contributed by atoms with van der Waals surface area (Å²) in [4.78, 5) is 45.8. The molecule has 2 unspecified atom stereocenters. The van der Waals surface area contributed by atoms with Gasteiger partial charge in [-0.1, -0.05) is 29.8 Å². The molecule has 9 heteroatoms. The van der Waals surface area contributed by atoms with Crippen molar-refractivity contribution in [2.45, 2.75) is 39.3 Å². The van der Waals surface area contributed by atoms with Crippen molar-refractivity contribution >= 4 is 34.9 Å². The number of rotatable bonds is 6. The van der Waals surface area contributed by atoms with Gasteiger partial charge in [0.2, 0.25) is 5.91 Å². The Hall–Kier alpha value is -3.69. The summed E-state index contributed by atoms with van der Waals surface area (Å²) in [5.74, 6) is -0.294. The van der Waals surface area contributed by atoms with Gasteiger partial charge in [-0.3, -0.25) is 9.69 Å². The van der Waals surface area contributed by atoms with E-state index in [9.17, 15) is 14.4 Å². The van der Waals surface area contributed by atoms with Crippen molar-refractivity contribution in [3.63, 3.8) is 0 Å². The summed E-state index contributed by atoms with van der Waals surface area (Å²) in [6.45, 7) is 8.74. The molecule has 0 saturated carbocycles. The van der Waals surface area contributed by atoms with Gasteiger partial charge in [0, 0.05) is 42.8 Å². The summed E-state index contributed by atoms with van der Waals surface area (Å²) >= 11 is 1.80. The van der Waals surface area contributed by atoms with Crippen molar-refractivity contribution in [3.05, 3.63) is 87.1 Å². The lowest BCUT2D eigenvalue weighted by molar-refractivity contribution is -0.135. The van der Waals surface area contributed by atoms with Crippen molar-refractivity contribution in [3.8, 4) is 0 Å². The van der Waals surface area contributed by atoms with Crippen LogP contribution >= 0.6 is 11.3 Å². The van der Waals surface area contributed by atoms with E-state index >= 15 is 0 Å². The van der Waals surface area contributed by atoms with E-state index in [0.29, 0.717) is 44.0 Å². The molecule has 3 aromatic rings. The Kier molecular flexibility index (Phi) is 8.52. The van der Waals surface area contributed by atoms with E-state index in [-0.39, 0.29) is 30.0 Å². The van der Waals surface area contributed by atoms with Gasteiger partial charge < -0.3 is 19.9 Å². The van der Waals surface area contributed by atoms with E-state index < -0.39 is 0 Å². The number of aryl methyl sites for hydroxylation is 1. The van der Waals surface area contributed by atoms with E-state index in [1.165, 1.54) is 21.6 Å². The molecule has 0 bridgehead atoms. The SMILES string of the molecule is CCOC(=O)c1ccc(NC(=O)N2CCN(C(=O)CN3CCc4sccc4C3c3ccc(C)cc3)CC2C)cc1. The highest BCUT2D eigenvalue weighted by Crippen LogP contribution is 2.37. The number of carbonyl (C=O) groups is 3. The molecule has 210 valence electrons. The van der Waals surface area contributed by atoms with E-state index in [1.54, 1.807) is 47.4 Å². The van der Waals surface area contributed by atoms with Crippen LogP contribution in [0.2, 0.25) is 0 Å². The molecule has 3 amide bonds. The molecular formula is C31H36N4O4S. The summed E-state index contributed by atoms with van der Waals surface area (Å²) in [7, 11) is 0. The summed E-state index contributed by atoms with van der Waals surface area (Å²) < 4.78 is 5.01. The van der Waals surface area contributed by atoms with Crippen LogP contribution in [0.3, 0.4) is 0 Å². The molecule has 8 nitrogen and oxygen atoms in total. The van der Waals surface area contributed by atoms with Crippen LogP contribution in [0.4, 0.5) is 10.5 Å². The van der Waals surface area contributed by atoms with E-state index in [2.05, 4.69) is 52.9 Å². The fraction of sp³-hybridized carbons (Fsp3) is 0.387. The molecule has 0 aliphatic carbocycles. The third-order valence-corrected chi connectivity index (χ3v) is 8.68. The third-order valence-electron chi connectivity index (χ3n) is 7.69. The number of fused-ring (bicyclic) bond motifs is 1. The maximum absolute atomic E-state index is 13.5. The highest BCUT2D eigenvalue weighted by Gasteiger charge is 2.34. The molecule has 1 N–H and O–H groups in total. The molecule has 5 rings (SSSR count). The number of benzene rings is 2. The van der Waals surface area contributed by atoms with E-state index in [1.807, 2.05) is 11.8 Å². The first-order valence-corrected chi connectivity index (χ1v) is 14.7. The van der Waals surface area contributed by atoms with Crippen LogP contribution in [0.25, 0.3) is 0 Å². The molecule has 1 aromatic heterocycles. The van der Waals surface area contributed by atoms with Gasteiger partial charge in [0.05, 0.1) is 24.8 Å². The summed E-state index contributed by atoms with van der Waals surface area (Å²) in [5.41, 5.74) is 4.77. The van der Waals surface area contributed by atoms with Crippen LogP contribution in [-0.4, -0.2) is 78.0 Å². The summed E-state index contributed by atoms with van der Waals surface area (Å²) in [6.07, 6.45) is 0.952. The molecule has 2 aromatic carbocycles. The molecule has 40 heavy (non-hydrogen) atoms. The number of hydrogen-bond acceptors (Lipinski definition) is 6. The Morgan fingerprint density at radius 2 is 1.75 bits per heavy atom. The van der Waals surface area contributed by atoms with Crippen LogP contribution in [0.5, 0.6) is 0 Å². The highest BCUT2D eigenvalue weighted by molar-refractivity contribution is 7.10. The van der Waals surface area contributed by atoms with Crippen LogP contribution < -0.4 is 5.32 Å². The fourth-order valence-corrected chi connectivity index (χ4v) is 6.44. The second kappa shape index (κ2) is 12.2. The van der Waals surface area contributed by atoms with Gasteiger partial charge in [-0.05, 0) is 74.0 Å². The quantitative estimate of drug-likeness (QED) is 0.432. The zero-order valence-electron chi connectivity index (χ0n) is 23.3. The second-order valence-electron chi connectivity index (χ2n) is 10.4. The third kappa shape index (κ3) is 6.05. The highest BCUT2D eigenvalue weighted by atomic mass is 32.1. The van der Waals surface area contributed by atoms with Gasteiger partial charge >= 0.3 is 12.0 Å². The maximum atomic E-state index is 13.5. The molecule has 3 heterocycles. The minimum Gasteiger partial charge on any atom is -0.462 e. The standard InChI is InChI=1S/C31H36N4O4S/c1-4-39-30(37)24-9-11-25(12-10-24)32-31(38)35-17-16-33(19-22(35)3)28(36)20-34-15-13-27-26(14-18-40-27)29(34)23-7-5-21(2)6-8-23/h5-12,14,18,22,29H,4,13,15-17,19-20H2,1-3H3,(H,32,38). The number of nitrogens with one attached hydrogen (secondary N) is 1. The molecule has 2 atom stereocenters. The van der Waals surface area contributed by atoms with Crippen LogP contribution in [0, 0.1) is 6.92 Å². The Morgan fingerprint density at radius 1 is 1.00 bits per heavy atom. The first kappa shape index (κ1) is 27.9. The number of amides is 3. The van der Waals surface area contributed by atoms with Gasteiger partial charge in [-0.25, -0.2) is 9.59 Å². The van der Waals surface area contributed by atoms with Gasteiger partial charge in [0.1, 0.15) is 0 Å². The van der Waals surface area contributed by atoms with Crippen molar-refractivity contribution in [2.24, 2.45) is 0 Å². The monoisotopic (exact) mass is 560 g/mol. The molecule has 0 radical (unpaired) electrons. The first-order chi connectivity index (χ1) is 19.3. The smallest absolute Gasteiger partial charge is 0.338 e. The predicted octanol–water partition coefficient (Wildman–Crippen LogP) is 4.95. The molecule has 1 fully saturated rings. The Balaban J connectivity index is 1.19. The Bertz CT molecular complexity index is 1350. The molecule has 1 saturated heterocycles. The van der Waals surface area contributed by atoms with Gasteiger partial charge in [0.25, 0.3) is 0 Å². The lowest BCUT2D eigenvalue weighted by atomic mass is 9.92. The minimum absolute atomic E-state index is 0.0688. The number of anilines is 1. The van der Waals surface area contributed by atoms with Gasteiger partial charge in [-0.2, -0.15) is 0 Å². The Labute approximate surface area is 239 Å². The number of nitrogens with zero attached hydrogens (tertiary/aromatic N) is 3. The zero-order chi connectivity index (χ0) is 28.2. The van der Waals surface area contributed by atoms with E-state index in [0.717, 1.165) is 13.0 Å². The molecular weight excluding hydrogens is 524 g/mol. The number of carbonyl (C=O) groups excluding carboxylic acids is 3. The number of thiophene rings is 1. The van der Waals surface area contributed by atoms with Crippen LogP contribution in [0.1, 0.15) is 51.8 Å². The Morgan fingerprint density at radius 3 is 2.45 bits per heavy atom. The number of esters is 1. The average molecular weight is 561 g/mol.